The second-order valence-corrected chi connectivity index (χ2v) is 8.07. The molecule has 0 saturated carbocycles. The summed E-state index contributed by atoms with van der Waals surface area (Å²) in [5, 5.41) is 0.929. The molecule has 3 aromatic carbocycles. The highest BCUT2D eigenvalue weighted by atomic mass is 35.5. The van der Waals surface area contributed by atoms with Gasteiger partial charge in [0.25, 0.3) is 11.5 Å². The van der Waals surface area contributed by atoms with Gasteiger partial charge in [0.1, 0.15) is 5.82 Å². The Morgan fingerprint density at radius 1 is 1.03 bits per heavy atom. The molecule has 1 unspecified atom stereocenters. The van der Waals surface area contributed by atoms with Crippen LogP contribution in [-0.2, 0) is 0 Å². The van der Waals surface area contributed by atoms with Crippen molar-refractivity contribution in [2.24, 2.45) is 0 Å². The number of fused-ring (bicyclic) bond motifs is 1. The number of hydrogen-bond acceptors (Lipinski definition) is 3. The molecule has 0 aliphatic rings. The molecule has 1 aromatic heterocycles. The van der Waals surface area contributed by atoms with Crippen molar-refractivity contribution in [2.75, 3.05) is 6.54 Å². The molecular weight excluding hydrogens is 422 g/mol. The van der Waals surface area contributed by atoms with E-state index in [1.807, 2.05) is 63.2 Å². The van der Waals surface area contributed by atoms with Gasteiger partial charge in [0.15, 0.2) is 0 Å². The zero-order chi connectivity index (χ0) is 22.8. The van der Waals surface area contributed by atoms with Crippen molar-refractivity contribution >= 4 is 28.4 Å². The summed E-state index contributed by atoms with van der Waals surface area (Å²) in [6.45, 7) is 6.19. The SMILES string of the molecule is CCN(C(=O)c1ccccc1Cl)C(C)c1nc2ccccc2c(=O)n1-c1ccccc1C. The first-order chi connectivity index (χ1) is 15.4. The Kier molecular flexibility index (Phi) is 6.10. The molecule has 162 valence electrons. The summed E-state index contributed by atoms with van der Waals surface area (Å²) >= 11 is 6.30. The van der Waals surface area contributed by atoms with Crippen LogP contribution < -0.4 is 5.56 Å². The Bertz CT molecular complexity index is 1360. The van der Waals surface area contributed by atoms with E-state index in [4.69, 9.17) is 16.6 Å². The number of benzene rings is 3. The van der Waals surface area contributed by atoms with E-state index in [0.717, 1.165) is 11.3 Å². The third-order valence-electron chi connectivity index (χ3n) is 5.71. The minimum atomic E-state index is -0.472. The van der Waals surface area contributed by atoms with Gasteiger partial charge in [-0.1, -0.05) is 54.1 Å². The number of hydrogen-bond donors (Lipinski definition) is 0. The Morgan fingerprint density at radius 3 is 2.41 bits per heavy atom. The van der Waals surface area contributed by atoms with Gasteiger partial charge < -0.3 is 4.90 Å². The maximum atomic E-state index is 13.6. The lowest BCUT2D eigenvalue weighted by molar-refractivity contribution is 0.0693. The van der Waals surface area contributed by atoms with E-state index < -0.39 is 6.04 Å². The number of carbonyl (C=O) groups excluding carboxylic acids is 1. The Labute approximate surface area is 191 Å². The number of aromatic nitrogens is 2. The van der Waals surface area contributed by atoms with Gasteiger partial charge in [-0.15, -0.1) is 0 Å². The van der Waals surface area contributed by atoms with Crippen molar-refractivity contribution in [3.05, 3.63) is 105 Å². The van der Waals surface area contributed by atoms with Gasteiger partial charge in [0, 0.05) is 6.54 Å². The van der Waals surface area contributed by atoms with E-state index in [0.29, 0.717) is 33.9 Å². The van der Waals surface area contributed by atoms with E-state index in [1.165, 1.54) is 0 Å². The molecule has 0 fully saturated rings. The molecule has 0 aliphatic heterocycles. The number of nitrogens with zero attached hydrogens (tertiary/aromatic N) is 3. The summed E-state index contributed by atoms with van der Waals surface area (Å²) in [4.78, 5) is 33.6. The Hall–Kier alpha value is -3.44. The summed E-state index contributed by atoms with van der Waals surface area (Å²) in [6, 6.07) is 21.5. The van der Waals surface area contributed by atoms with Gasteiger partial charge in [-0.05, 0) is 56.7 Å². The minimum Gasteiger partial charge on any atom is -0.329 e. The lowest BCUT2D eigenvalue weighted by Crippen LogP contribution is -2.37. The van der Waals surface area contributed by atoms with Gasteiger partial charge in [-0.3, -0.25) is 14.2 Å². The van der Waals surface area contributed by atoms with E-state index in [1.54, 1.807) is 39.8 Å². The van der Waals surface area contributed by atoms with Crippen LogP contribution in [0.4, 0.5) is 0 Å². The zero-order valence-corrected chi connectivity index (χ0v) is 19.0. The average Bonchev–Trinajstić information content (AvgIpc) is 2.80. The number of rotatable bonds is 5. The highest BCUT2D eigenvalue weighted by molar-refractivity contribution is 6.33. The maximum Gasteiger partial charge on any atom is 0.266 e. The number of amides is 1. The van der Waals surface area contributed by atoms with Crippen LogP contribution in [0.3, 0.4) is 0 Å². The van der Waals surface area contributed by atoms with Gasteiger partial charge >= 0.3 is 0 Å². The minimum absolute atomic E-state index is 0.159. The third-order valence-corrected chi connectivity index (χ3v) is 6.03. The molecule has 1 atom stereocenters. The molecule has 4 rings (SSSR count). The first kappa shape index (κ1) is 21.8. The highest BCUT2D eigenvalue weighted by Gasteiger charge is 2.27. The van der Waals surface area contributed by atoms with Crippen molar-refractivity contribution in [3.63, 3.8) is 0 Å². The fraction of sp³-hybridized carbons (Fsp3) is 0.192. The summed E-state index contributed by atoms with van der Waals surface area (Å²) < 4.78 is 1.63. The standard InChI is InChI=1S/C26H24ClN3O2/c1-4-29(25(31)19-12-6-8-14-21(19)27)18(3)24-28-22-15-9-7-13-20(22)26(32)30(24)23-16-10-5-11-17(23)2/h5-16,18H,4H2,1-3H3. The quantitative estimate of drug-likeness (QED) is 0.403. The molecule has 0 bridgehead atoms. The van der Waals surface area contributed by atoms with Crippen LogP contribution >= 0.6 is 11.6 Å². The average molecular weight is 446 g/mol. The predicted molar refractivity (Wildman–Crippen MR) is 129 cm³/mol. The highest BCUT2D eigenvalue weighted by Crippen LogP contribution is 2.27. The van der Waals surface area contributed by atoms with Crippen molar-refractivity contribution in [1.29, 1.82) is 0 Å². The van der Waals surface area contributed by atoms with Crippen LogP contribution in [0.1, 0.15) is 41.6 Å². The lowest BCUT2D eigenvalue weighted by Gasteiger charge is -2.30. The summed E-state index contributed by atoms with van der Waals surface area (Å²) in [5.41, 5.74) is 2.56. The molecule has 0 aliphatic carbocycles. The van der Waals surface area contributed by atoms with Crippen LogP contribution in [0, 0.1) is 6.92 Å². The molecule has 6 heteroatoms. The topological polar surface area (TPSA) is 55.2 Å². The second-order valence-electron chi connectivity index (χ2n) is 7.66. The van der Waals surface area contributed by atoms with Gasteiger partial charge in [0.2, 0.25) is 0 Å². The van der Waals surface area contributed by atoms with Crippen LogP contribution in [0.5, 0.6) is 0 Å². The summed E-state index contributed by atoms with van der Waals surface area (Å²) in [6.07, 6.45) is 0. The fourth-order valence-electron chi connectivity index (χ4n) is 4.00. The lowest BCUT2D eigenvalue weighted by atomic mass is 10.1. The molecule has 1 amide bonds. The molecule has 0 saturated heterocycles. The molecule has 0 radical (unpaired) electrons. The van der Waals surface area contributed by atoms with Gasteiger partial charge in [-0.25, -0.2) is 4.98 Å². The predicted octanol–water partition coefficient (Wildman–Crippen LogP) is 5.57. The molecule has 5 nitrogen and oxygen atoms in total. The number of halogens is 1. The Morgan fingerprint density at radius 2 is 1.69 bits per heavy atom. The van der Waals surface area contributed by atoms with Gasteiger partial charge in [0.05, 0.1) is 33.2 Å². The van der Waals surface area contributed by atoms with Crippen LogP contribution in [0.2, 0.25) is 5.02 Å². The van der Waals surface area contributed by atoms with Crippen molar-refractivity contribution in [2.45, 2.75) is 26.8 Å². The molecule has 4 aromatic rings. The molecule has 0 spiro atoms. The first-order valence-electron chi connectivity index (χ1n) is 10.6. The fourth-order valence-corrected chi connectivity index (χ4v) is 4.22. The van der Waals surface area contributed by atoms with E-state index >= 15 is 0 Å². The van der Waals surface area contributed by atoms with Crippen LogP contribution in [0.25, 0.3) is 16.6 Å². The molecule has 1 heterocycles. The summed E-state index contributed by atoms with van der Waals surface area (Å²) in [7, 11) is 0. The van der Waals surface area contributed by atoms with Gasteiger partial charge in [-0.2, -0.15) is 0 Å². The smallest absolute Gasteiger partial charge is 0.266 e. The monoisotopic (exact) mass is 445 g/mol. The second kappa shape index (κ2) is 8.97. The summed E-state index contributed by atoms with van der Waals surface area (Å²) in [5.74, 6) is 0.301. The molecular formula is C26H24ClN3O2. The number of carbonyl (C=O) groups is 1. The number of para-hydroxylation sites is 2. The van der Waals surface area contributed by atoms with E-state index in [9.17, 15) is 9.59 Å². The van der Waals surface area contributed by atoms with E-state index in [-0.39, 0.29) is 11.5 Å². The number of aryl methyl sites for hydroxylation is 1. The Balaban J connectivity index is 1.93. The van der Waals surface area contributed by atoms with Crippen molar-refractivity contribution in [1.82, 2.24) is 14.5 Å². The largest absolute Gasteiger partial charge is 0.329 e. The molecule has 0 N–H and O–H groups in total. The van der Waals surface area contributed by atoms with Crippen LogP contribution in [-0.4, -0.2) is 26.9 Å². The van der Waals surface area contributed by atoms with Crippen molar-refractivity contribution in [3.8, 4) is 5.69 Å². The zero-order valence-electron chi connectivity index (χ0n) is 18.2. The third kappa shape index (κ3) is 3.80. The van der Waals surface area contributed by atoms with Crippen molar-refractivity contribution < 1.29 is 4.79 Å². The normalized spacial score (nSPS) is 12.0. The first-order valence-corrected chi connectivity index (χ1v) is 10.9. The van der Waals surface area contributed by atoms with E-state index in [2.05, 4.69) is 0 Å². The molecule has 32 heavy (non-hydrogen) atoms. The van der Waals surface area contributed by atoms with Crippen LogP contribution in [0.15, 0.2) is 77.6 Å². The maximum absolute atomic E-state index is 13.6.